The highest BCUT2D eigenvalue weighted by atomic mass is 19.1. The summed E-state index contributed by atoms with van der Waals surface area (Å²) >= 11 is 0. The highest BCUT2D eigenvalue weighted by Gasteiger charge is 2.43. The minimum absolute atomic E-state index is 0.122. The van der Waals surface area contributed by atoms with Gasteiger partial charge in [0.05, 0.1) is 24.9 Å². The fraction of sp³-hybridized carbons (Fsp3) is 0.375. The lowest BCUT2D eigenvalue weighted by Gasteiger charge is -2.36. The molecule has 0 bridgehead atoms. The van der Waals surface area contributed by atoms with Crippen molar-refractivity contribution in [3.63, 3.8) is 0 Å². The average Bonchev–Trinajstić information content (AvgIpc) is 3.06. The van der Waals surface area contributed by atoms with Crippen LogP contribution >= 0.6 is 0 Å². The van der Waals surface area contributed by atoms with Crippen LogP contribution < -0.4 is 4.90 Å². The van der Waals surface area contributed by atoms with Crippen LogP contribution in [0.15, 0.2) is 30.7 Å². The van der Waals surface area contributed by atoms with E-state index in [4.69, 9.17) is 4.74 Å². The molecule has 2 saturated heterocycles. The monoisotopic (exact) mass is 347 g/mol. The first-order chi connectivity index (χ1) is 12.1. The summed E-state index contributed by atoms with van der Waals surface area (Å²) in [6.07, 6.45) is 3.93. The SMILES string of the molecule is O=C(c1ncc(F)cc1F)N1C[C@@H]2OCCN(c3ncccn3)[C@H]2C1. The molecular formula is C16H15F2N5O2. The zero-order valence-electron chi connectivity index (χ0n) is 13.2. The number of hydrogen-bond acceptors (Lipinski definition) is 6. The molecule has 9 heteroatoms. The van der Waals surface area contributed by atoms with Crippen molar-refractivity contribution < 1.29 is 18.3 Å². The number of hydrogen-bond donors (Lipinski definition) is 0. The van der Waals surface area contributed by atoms with Gasteiger partial charge in [-0.25, -0.2) is 23.7 Å². The number of carbonyl (C=O) groups excluding carboxylic acids is 1. The van der Waals surface area contributed by atoms with Crippen molar-refractivity contribution in [1.82, 2.24) is 19.9 Å². The lowest BCUT2D eigenvalue weighted by atomic mass is 10.1. The van der Waals surface area contributed by atoms with Crippen LogP contribution in [0.2, 0.25) is 0 Å². The van der Waals surface area contributed by atoms with E-state index in [1.165, 1.54) is 4.90 Å². The summed E-state index contributed by atoms with van der Waals surface area (Å²) in [4.78, 5) is 28.1. The number of halogens is 2. The van der Waals surface area contributed by atoms with Crippen LogP contribution in [0.4, 0.5) is 14.7 Å². The predicted molar refractivity (Wildman–Crippen MR) is 83.0 cm³/mol. The van der Waals surface area contributed by atoms with Crippen molar-refractivity contribution in [2.75, 3.05) is 31.1 Å². The number of fused-ring (bicyclic) bond motifs is 1. The Bertz CT molecular complexity index is 791. The molecule has 7 nitrogen and oxygen atoms in total. The fourth-order valence-corrected chi connectivity index (χ4v) is 3.26. The largest absolute Gasteiger partial charge is 0.372 e. The van der Waals surface area contributed by atoms with Crippen molar-refractivity contribution >= 4 is 11.9 Å². The number of anilines is 1. The van der Waals surface area contributed by atoms with Crippen LogP contribution in [0, 0.1) is 11.6 Å². The lowest BCUT2D eigenvalue weighted by Crippen LogP contribution is -2.51. The molecular weight excluding hydrogens is 332 g/mol. The van der Waals surface area contributed by atoms with Crippen molar-refractivity contribution in [3.8, 4) is 0 Å². The minimum Gasteiger partial charge on any atom is -0.372 e. The van der Waals surface area contributed by atoms with Crippen LogP contribution in [0.3, 0.4) is 0 Å². The standard InChI is InChI=1S/C16H15F2N5O2/c17-10-6-11(18)14(21-7-10)15(24)22-8-12-13(9-22)25-5-4-23(12)16-19-2-1-3-20-16/h1-3,6-7,12-13H,4-5,8-9H2/t12-,13-/m0/s1. The molecule has 2 aromatic heterocycles. The topological polar surface area (TPSA) is 71.5 Å². The second-order valence-electron chi connectivity index (χ2n) is 5.91. The van der Waals surface area contributed by atoms with Gasteiger partial charge in [0.15, 0.2) is 11.5 Å². The summed E-state index contributed by atoms with van der Waals surface area (Å²) in [5, 5.41) is 0. The van der Waals surface area contributed by atoms with Gasteiger partial charge in [0.1, 0.15) is 5.82 Å². The summed E-state index contributed by atoms with van der Waals surface area (Å²) in [5.74, 6) is -1.80. The Morgan fingerprint density at radius 2 is 2.00 bits per heavy atom. The first-order valence-corrected chi connectivity index (χ1v) is 7.89. The second-order valence-corrected chi connectivity index (χ2v) is 5.91. The molecule has 25 heavy (non-hydrogen) atoms. The molecule has 0 aliphatic carbocycles. The molecule has 130 valence electrons. The molecule has 0 aromatic carbocycles. The van der Waals surface area contributed by atoms with Gasteiger partial charge >= 0.3 is 0 Å². The zero-order valence-corrected chi connectivity index (χ0v) is 13.2. The Balaban J connectivity index is 1.56. The molecule has 0 N–H and O–H groups in total. The molecule has 0 spiro atoms. The summed E-state index contributed by atoms with van der Waals surface area (Å²) < 4.78 is 32.6. The maximum Gasteiger partial charge on any atom is 0.275 e. The smallest absolute Gasteiger partial charge is 0.275 e. The molecule has 2 fully saturated rings. The third-order valence-electron chi connectivity index (χ3n) is 4.41. The number of amides is 1. The van der Waals surface area contributed by atoms with E-state index in [0.717, 1.165) is 6.20 Å². The Kier molecular flexibility index (Phi) is 4.00. The number of carbonyl (C=O) groups is 1. The first-order valence-electron chi connectivity index (χ1n) is 7.89. The van der Waals surface area contributed by atoms with E-state index < -0.39 is 17.5 Å². The predicted octanol–water partition coefficient (Wildman–Crippen LogP) is 0.880. The number of ether oxygens (including phenoxy) is 1. The molecule has 1 amide bonds. The third-order valence-corrected chi connectivity index (χ3v) is 4.41. The molecule has 2 atom stereocenters. The van der Waals surface area contributed by atoms with Crippen LogP contribution in [0.1, 0.15) is 10.5 Å². The van der Waals surface area contributed by atoms with E-state index >= 15 is 0 Å². The van der Waals surface area contributed by atoms with Crippen LogP contribution in [0.25, 0.3) is 0 Å². The van der Waals surface area contributed by atoms with Crippen molar-refractivity contribution in [3.05, 3.63) is 48.1 Å². The second kappa shape index (κ2) is 6.32. The summed E-state index contributed by atoms with van der Waals surface area (Å²) in [7, 11) is 0. The Morgan fingerprint density at radius 3 is 2.76 bits per heavy atom. The van der Waals surface area contributed by atoms with Crippen LogP contribution in [-0.2, 0) is 4.74 Å². The van der Waals surface area contributed by atoms with Gasteiger partial charge in [0.25, 0.3) is 5.91 Å². The number of nitrogens with zero attached hydrogens (tertiary/aromatic N) is 5. The number of pyridine rings is 1. The van der Waals surface area contributed by atoms with Gasteiger partial charge in [-0.05, 0) is 6.07 Å². The number of rotatable bonds is 2. The van der Waals surface area contributed by atoms with E-state index in [2.05, 4.69) is 15.0 Å². The van der Waals surface area contributed by atoms with Crippen molar-refractivity contribution in [1.29, 1.82) is 0 Å². The summed E-state index contributed by atoms with van der Waals surface area (Å²) in [6.45, 7) is 1.74. The number of morpholine rings is 1. The first kappa shape index (κ1) is 15.8. The van der Waals surface area contributed by atoms with Gasteiger partial charge < -0.3 is 14.5 Å². The van der Waals surface area contributed by atoms with E-state index in [-0.39, 0.29) is 17.8 Å². The van der Waals surface area contributed by atoms with Gasteiger partial charge in [0, 0.05) is 38.1 Å². The maximum atomic E-state index is 13.9. The van der Waals surface area contributed by atoms with Gasteiger partial charge in [-0.3, -0.25) is 4.79 Å². The van der Waals surface area contributed by atoms with Gasteiger partial charge in [-0.1, -0.05) is 0 Å². The van der Waals surface area contributed by atoms with Gasteiger partial charge in [-0.2, -0.15) is 0 Å². The fourth-order valence-electron chi connectivity index (χ4n) is 3.26. The number of aromatic nitrogens is 3. The van der Waals surface area contributed by atoms with E-state index in [1.54, 1.807) is 18.5 Å². The Morgan fingerprint density at radius 1 is 1.20 bits per heavy atom. The van der Waals surface area contributed by atoms with E-state index in [9.17, 15) is 13.6 Å². The zero-order chi connectivity index (χ0) is 17.4. The Labute approximate surface area is 142 Å². The molecule has 2 aliphatic heterocycles. The normalized spacial score (nSPS) is 22.8. The highest BCUT2D eigenvalue weighted by Crippen LogP contribution is 2.26. The molecule has 4 heterocycles. The van der Waals surface area contributed by atoms with Crippen molar-refractivity contribution in [2.24, 2.45) is 0 Å². The average molecular weight is 347 g/mol. The highest BCUT2D eigenvalue weighted by molar-refractivity contribution is 5.92. The van der Waals surface area contributed by atoms with Crippen molar-refractivity contribution in [2.45, 2.75) is 12.1 Å². The molecule has 2 aromatic rings. The molecule has 2 aliphatic rings. The third kappa shape index (κ3) is 2.91. The van der Waals surface area contributed by atoms with E-state index in [0.29, 0.717) is 38.3 Å². The summed E-state index contributed by atoms with van der Waals surface area (Å²) in [5.41, 5.74) is -0.387. The van der Waals surface area contributed by atoms with Gasteiger partial charge in [0.2, 0.25) is 5.95 Å². The maximum absolute atomic E-state index is 13.9. The lowest BCUT2D eigenvalue weighted by molar-refractivity contribution is 0.0295. The van der Waals surface area contributed by atoms with E-state index in [1.807, 2.05) is 4.90 Å². The van der Waals surface area contributed by atoms with Crippen LogP contribution in [0.5, 0.6) is 0 Å². The minimum atomic E-state index is -0.968. The number of likely N-dealkylation sites (tertiary alicyclic amines) is 1. The molecule has 4 rings (SSSR count). The molecule has 0 unspecified atom stereocenters. The van der Waals surface area contributed by atoms with Gasteiger partial charge in [-0.15, -0.1) is 0 Å². The Hall–Kier alpha value is -2.68. The summed E-state index contributed by atoms with van der Waals surface area (Å²) in [6, 6.07) is 2.27. The van der Waals surface area contributed by atoms with Crippen LogP contribution in [-0.4, -0.2) is 64.1 Å². The quantitative estimate of drug-likeness (QED) is 0.803. The molecule has 0 saturated carbocycles. The molecule has 0 radical (unpaired) electrons.